The summed E-state index contributed by atoms with van der Waals surface area (Å²) in [7, 11) is 0. The average molecular weight is 385 g/mol. The fourth-order valence-electron chi connectivity index (χ4n) is 3.76. The smallest absolute Gasteiger partial charge is 0.142 e. The van der Waals surface area contributed by atoms with E-state index in [9.17, 15) is 10.2 Å². The Morgan fingerprint density at radius 3 is 2.12 bits per heavy atom. The van der Waals surface area contributed by atoms with Gasteiger partial charge in [-0.2, -0.15) is 0 Å². The molecule has 0 amide bonds. The Morgan fingerprint density at radius 1 is 0.846 bits per heavy atom. The first kappa shape index (κ1) is 17.3. The summed E-state index contributed by atoms with van der Waals surface area (Å²) < 4.78 is 0. The minimum atomic E-state index is 0.0239. The number of halogens is 2. The van der Waals surface area contributed by atoms with E-state index in [0.29, 0.717) is 22.3 Å². The Labute approximate surface area is 162 Å². The second-order valence-electron chi connectivity index (χ2n) is 6.68. The highest BCUT2D eigenvalue weighted by atomic mass is 35.5. The summed E-state index contributed by atoms with van der Waals surface area (Å²) in [5.41, 5.74) is 2.80. The van der Waals surface area contributed by atoms with E-state index >= 15 is 0 Å². The standard InChI is InChI=1S/C22H18Cl2O2/c23-16-11-9-14(10-12-16)13-5-7-15(8-6-13)19-20(24)22(26)18-4-2-1-3-17(18)21(19)25/h1-4,7,9-13,25-26H,5-6,8H2/t13-/m1/s1. The number of hydrogen-bond acceptors (Lipinski definition) is 2. The minimum Gasteiger partial charge on any atom is -0.507 e. The number of allylic oxidation sites excluding steroid dienone is 2. The summed E-state index contributed by atoms with van der Waals surface area (Å²) >= 11 is 12.4. The highest BCUT2D eigenvalue weighted by Gasteiger charge is 2.24. The van der Waals surface area contributed by atoms with Crippen molar-refractivity contribution in [2.24, 2.45) is 0 Å². The van der Waals surface area contributed by atoms with Crippen molar-refractivity contribution in [3.8, 4) is 11.5 Å². The van der Waals surface area contributed by atoms with Crippen LogP contribution in [0.4, 0.5) is 0 Å². The molecular weight excluding hydrogens is 367 g/mol. The SMILES string of the molecule is Oc1c(Cl)c(C2=CC[C@@H](c3ccc(Cl)cc3)CC2)c(O)c2ccccc12. The number of phenolic OH excluding ortho intramolecular Hbond substituents is 2. The van der Waals surface area contributed by atoms with Gasteiger partial charge in [0.05, 0.1) is 5.02 Å². The fourth-order valence-corrected chi connectivity index (χ4v) is 4.20. The molecule has 0 unspecified atom stereocenters. The molecule has 1 aliphatic carbocycles. The lowest BCUT2D eigenvalue weighted by Crippen LogP contribution is -2.04. The van der Waals surface area contributed by atoms with Gasteiger partial charge in [-0.05, 0) is 48.4 Å². The normalized spacial score (nSPS) is 17.3. The van der Waals surface area contributed by atoms with Gasteiger partial charge in [-0.1, -0.05) is 65.7 Å². The van der Waals surface area contributed by atoms with Crippen LogP contribution in [0.3, 0.4) is 0 Å². The van der Waals surface area contributed by atoms with Crippen molar-refractivity contribution in [1.29, 1.82) is 0 Å². The molecule has 3 aromatic rings. The fraction of sp³-hybridized carbons (Fsp3) is 0.182. The summed E-state index contributed by atoms with van der Waals surface area (Å²) in [6.07, 6.45) is 4.73. The summed E-state index contributed by atoms with van der Waals surface area (Å²) in [5, 5.41) is 23.4. The predicted octanol–water partition coefficient (Wildman–Crippen LogP) is 6.91. The third-order valence-electron chi connectivity index (χ3n) is 5.17. The second kappa shape index (κ2) is 6.86. The lowest BCUT2D eigenvalue weighted by Gasteiger charge is -2.24. The zero-order chi connectivity index (χ0) is 18.3. The lowest BCUT2D eigenvalue weighted by atomic mass is 9.82. The van der Waals surface area contributed by atoms with Crippen LogP contribution in [0.25, 0.3) is 16.3 Å². The largest absolute Gasteiger partial charge is 0.507 e. The second-order valence-corrected chi connectivity index (χ2v) is 7.50. The Hall–Kier alpha value is -2.16. The lowest BCUT2D eigenvalue weighted by molar-refractivity contribution is 0.467. The van der Waals surface area contributed by atoms with Crippen LogP contribution >= 0.6 is 23.2 Å². The molecule has 0 aromatic heterocycles. The molecule has 0 bridgehead atoms. The third-order valence-corrected chi connectivity index (χ3v) is 5.79. The van der Waals surface area contributed by atoms with E-state index in [2.05, 4.69) is 18.2 Å². The molecule has 0 saturated heterocycles. The molecule has 0 aliphatic heterocycles. The maximum absolute atomic E-state index is 10.8. The maximum atomic E-state index is 10.8. The van der Waals surface area contributed by atoms with Crippen LogP contribution < -0.4 is 0 Å². The minimum absolute atomic E-state index is 0.0239. The first-order valence-corrected chi connectivity index (χ1v) is 9.39. The van der Waals surface area contributed by atoms with Crippen LogP contribution in [0.5, 0.6) is 11.5 Å². The number of rotatable bonds is 2. The van der Waals surface area contributed by atoms with Crippen LogP contribution in [0.15, 0.2) is 54.6 Å². The molecule has 4 rings (SSSR count). The first-order valence-electron chi connectivity index (χ1n) is 8.63. The molecule has 1 aliphatic rings. The number of hydrogen-bond donors (Lipinski definition) is 2. The molecule has 2 N–H and O–H groups in total. The van der Waals surface area contributed by atoms with Crippen molar-refractivity contribution in [3.63, 3.8) is 0 Å². The molecule has 0 radical (unpaired) electrons. The van der Waals surface area contributed by atoms with Gasteiger partial charge in [0.15, 0.2) is 0 Å². The molecular formula is C22H18Cl2O2. The van der Waals surface area contributed by atoms with Crippen LogP contribution in [0.2, 0.25) is 10.0 Å². The van der Waals surface area contributed by atoms with Gasteiger partial charge in [0.2, 0.25) is 0 Å². The van der Waals surface area contributed by atoms with E-state index < -0.39 is 0 Å². The highest BCUT2D eigenvalue weighted by Crippen LogP contribution is 2.48. The monoisotopic (exact) mass is 384 g/mol. The number of aromatic hydroxyl groups is 2. The summed E-state index contributed by atoms with van der Waals surface area (Å²) in [5.74, 6) is 0.585. The van der Waals surface area contributed by atoms with Crippen molar-refractivity contribution >= 4 is 39.5 Å². The van der Waals surface area contributed by atoms with Crippen molar-refractivity contribution in [2.45, 2.75) is 25.2 Å². The van der Waals surface area contributed by atoms with Gasteiger partial charge in [0, 0.05) is 21.4 Å². The molecule has 26 heavy (non-hydrogen) atoms. The molecule has 0 fully saturated rings. The molecule has 2 nitrogen and oxygen atoms in total. The molecule has 4 heteroatoms. The van der Waals surface area contributed by atoms with Gasteiger partial charge in [-0.25, -0.2) is 0 Å². The van der Waals surface area contributed by atoms with Gasteiger partial charge in [-0.3, -0.25) is 0 Å². The van der Waals surface area contributed by atoms with E-state index in [1.165, 1.54) is 5.56 Å². The molecule has 0 saturated carbocycles. The van der Waals surface area contributed by atoms with Crippen LogP contribution in [-0.2, 0) is 0 Å². The van der Waals surface area contributed by atoms with Gasteiger partial charge in [0.1, 0.15) is 11.5 Å². The van der Waals surface area contributed by atoms with Gasteiger partial charge in [0.25, 0.3) is 0 Å². The van der Waals surface area contributed by atoms with Crippen LogP contribution in [0.1, 0.15) is 36.3 Å². The first-order chi connectivity index (χ1) is 12.6. The predicted molar refractivity (Wildman–Crippen MR) is 108 cm³/mol. The molecule has 0 spiro atoms. The van der Waals surface area contributed by atoms with Gasteiger partial charge in [-0.15, -0.1) is 0 Å². The topological polar surface area (TPSA) is 40.5 Å². The quantitative estimate of drug-likeness (QED) is 0.471. The van der Waals surface area contributed by atoms with Gasteiger partial charge < -0.3 is 10.2 Å². The van der Waals surface area contributed by atoms with E-state index in [1.54, 1.807) is 12.1 Å². The van der Waals surface area contributed by atoms with E-state index in [4.69, 9.17) is 23.2 Å². The van der Waals surface area contributed by atoms with Crippen LogP contribution in [-0.4, -0.2) is 10.2 Å². The Bertz CT molecular complexity index is 1010. The van der Waals surface area contributed by atoms with Gasteiger partial charge >= 0.3 is 0 Å². The van der Waals surface area contributed by atoms with Crippen molar-refractivity contribution < 1.29 is 10.2 Å². The molecule has 1 atom stereocenters. The molecule has 0 heterocycles. The number of benzene rings is 3. The number of fused-ring (bicyclic) bond motifs is 1. The Balaban J connectivity index is 1.72. The zero-order valence-corrected chi connectivity index (χ0v) is 15.6. The maximum Gasteiger partial charge on any atom is 0.142 e. The van der Waals surface area contributed by atoms with Crippen molar-refractivity contribution in [1.82, 2.24) is 0 Å². The van der Waals surface area contributed by atoms with E-state index in [-0.39, 0.29) is 16.5 Å². The van der Waals surface area contributed by atoms with E-state index in [0.717, 1.165) is 29.9 Å². The summed E-state index contributed by atoms with van der Waals surface area (Å²) in [6.45, 7) is 0. The molecule has 3 aromatic carbocycles. The third kappa shape index (κ3) is 2.94. The van der Waals surface area contributed by atoms with Crippen molar-refractivity contribution in [2.75, 3.05) is 0 Å². The molecule has 132 valence electrons. The summed E-state index contributed by atoms with van der Waals surface area (Å²) in [4.78, 5) is 0. The summed E-state index contributed by atoms with van der Waals surface area (Å²) in [6, 6.07) is 15.2. The van der Waals surface area contributed by atoms with E-state index in [1.807, 2.05) is 24.3 Å². The van der Waals surface area contributed by atoms with Crippen LogP contribution in [0, 0.1) is 0 Å². The Kier molecular flexibility index (Phi) is 4.56. The Morgan fingerprint density at radius 2 is 1.50 bits per heavy atom. The average Bonchev–Trinajstić information content (AvgIpc) is 2.68. The zero-order valence-electron chi connectivity index (χ0n) is 14.0. The van der Waals surface area contributed by atoms with Crippen molar-refractivity contribution in [3.05, 3.63) is 75.8 Å². The number of phenols is 2. The highest BCUT2D eigenvalue weighted by molar-refractivity contribution is 6.35.